The van der Waals surface area contributed by atoms with Gasteiger partial charge in [-0.05, 0) is 13.0 Å². The van der Waals surface area contributed by atoms with Gasteiger partial charge >= 0.3 is 5.97 Å². The summed E-state index contributed by atoms with van der Waals surface area (Å²) in [6.07, 6.45) is 0.414. The summed E-state index contributed by atoms with van der Waals surface area (Å²) in [4.78, 5) is 19.6. The normalized spacial score (nSPS) is 21.3. The molecule has 0 N–H and O–H groups in total. The Kier molecular flexibility index (Phi) is 4.50. The molecule has 0 spiro atoms. The van der Waals surface area contributed by atoms with Crippen LogP contribution < -0.4 is 0 Å². The number of carbonyl (C=O) groups is 1. The van der Waals surface area contributed by atoms with Crippen molar-refractivity contribution < 1.29 is 14.3 Å². The van der Waals surface area contributed by atoms with Crippen LogP contribution in [-0.4, -0.2) is 30.0 Å². The predicted molar refractivity (Wildman–Crippen MR) is 72.0 cm³/mol. The third-order valence-corrected chi connectivity index (χ3v) is 3.25. The molecule has 1 aliphatic heterocycles. The van der Waals surface area contributed by atoms with Gasteiger partial charge in [0.05, 0.1) is 17.2 Å². The fourth-order valence-corrected chi connectivity index (χ4v) is 2.62. The molecule has 2 rings (SSSR count). The van der Waals surface area contributed by atoms with Crippen LogP contribution in [0.4, 0.5) is 0 Å². The first-order valence-electron chi connectivity index (χ1n) is 5.39. The third-order valence-electron chi connectivity index (χ3n) is 2.46. The van der Waals surface area contributed by atoms with Gasteiger partial charge in [-0.25, -0.2) is 14.8 Å². The molecule has 0 aromatic carbocycles. The molecule has 2 atom stereocenters. The SMILES string of the molecule is CCOC(=O)[C@@H]1N=CO[C@H]1c1c(Cl)cc(Cl)nc1Cl. The van der Waals surface area contributed by atoms with E-state index in [-0.39, 0.29) is 21.9 Å². The van der Waals surface area contributed by atoms with Gasteiger partial charge in [0.2, 0.25) is 0 Å². The minimum atomic E-state index is -0.849. The average molecular weight is 324 g/mol. The van der Waals surface area contributed by atoms with Crippen LogP contribution in [0.2, 0.25) is 15.3 Å². The number of hydrogen-bond donors (Lipinski definition) is 0. The molecule has 0 unspecified atom stereocenters. The first kappa shape index (κ1) is 14.4. The number of nitrogens with zero attached hydrogens (tertiary/aromatic N) is 2. The van der Waals surface area contributed by atoms with Crippen molar-refractivity contribution >= 4 is 47.2 Å². The van der Waals surface area contributed by atoms with Gasteiger partial charge in [0.25, 0.3) is 0 Å². The second kappa shape index (κ2) is 5.94. The Hall–Kier alpha value is -1.04. The van der Waals surface area contributed by atoms with Gasteiger partial charge in [-0.1, -0.05) is 34.8 Å². The number of aliphatic imine (C=N–C) groups is 1. The number of rotatable bonds is 3. The van der Waals surface area contributed by atoms with Crippen molar-refractivity contribution in [1.82, 2.24) is 4.98 Å². The lowest BCUT2D eigenvalue weighted by atomic mass is 10.1. The van der Waals surface area contributed by atoms with Crippen LogP contribution in [0.25, 0.3) is 0 Å². The first-order chi connectivity index (χ1) is 9.04. The maximum atomic E-state index is 11.8. The summed E-state index contributed by atoms with van der Waals surface area (Å²) >= 11 is 17.8. The van der Waals surface area contributed by atoms with Gasteiger partial charge < -0.3 is 9.47 Å². The minimum absolute atomic E-state index is 0.0716. The number of hydrogen-bond acceptors (Lipinski definition) is 5. The van der Waals surface area contributed by atoms with Crippen molar-refractivity contribution in [2.24, 2.45) is 4.99 Å². The monoisotopic (exact) mass is 322 g/mol. The number of pyridine rings is 1. The number of aromatic nitrogens is 1. The summed E-state index contributed by atoms with van der Waals surface area (Å²) in [5.74, 6) is -0.511. The molecule has 0 amide bonds. The highest BCUT2D eigenvalue weighted by Crippen LogP contribution is 2.37. The molecule has 1 aromatic rings. The highest BCUT2D eigenvalue weighted by molar-refractivity contribution is 6.37. The lowest BCUT2D eigenvalue weighted by molar-refractivity contribution is -0.146. The summed E-state index contributed by atoms with van der Waals surface area (Å²) in [7, 11) is 0. The molecular formula is C11H9Cl3N2O3. The number of esters is 1. The molecule has 8 heteroatoms. The van der Waals surface area contributed by atoms with Gasteiger partial charge in [-0.3, -0.25) is 0 Å². The Morgan fingerprint density at radius 3 is 2.84 bits per heavy atom. The Morgan fingerprint density at radius 1 is 1.47 bits per heavy atom. The maximum absolute atomic E-state index is 11.8. The van der Waals surface area contributed by atoms with Gasteiger partial charge in [0, 0.05) is 0 Å². The van der Waals surface area contributed by atoms with E-state index in [4.69, 9.17) is 44.3 Å². The topological polar surface area (TPSA) is 60.8 Å². The Morgan fingerprint density at radius 2 is 2.21 bits per heavy atom. The van der Waals surface area contributed by atoms with Gasteiger partial charge in [-0.2, -0.15) is 0 Å². The smallest absolute Gasteiger partial charge is 0.335 e. The number of halogens is 3. The summed E-state index contributed by atoms with van der Waals surface area (Å²) in [6.45, 7) is 1.95. The second-order valence-electron chi connectivity index (χ2n) is 3.64. The van der Waals surface area contributed by atoms with Crippen LogP contribution in [0.5, 0.6) is 0 Å². The van der Waals surface area contributed by atoms with Crippen molar-refractivity contribution in [3.63, 3.8) is 0 Å². The van der Waals surface area contributed by atoms with E-state index in [0.717, 1.165) is 0 Å². The van der Waals surface area contributed by atoms with E-state index in [9.17, 15) is 4.79 Å². The molecule has 0 saturated heterocycles. The lowest BCUT2D eigenvalue weighted by Crippen LogP contribution is -2.26. The van der Waals surface area contributed by atoms with E-state index in [1.54, 1.807) is 6.92 Å². The van der Waals surface area contributed by atoms with E-state index in [1.807, 2.05) is 0 Å². The molecule has 0 saturated carbocycles. The van der Waals surface area contributed by atoms with Crippen molar-refractivity contribution in [2.75, 3.05) is 6.61 Å². The number of ether oxygens (including phenoxy) is 2. The van der Waals surface area contributed by atoms with Crippen molar-refractivity contribution in [2.45, 2.75) is 19.1 Å². The van der Waals surface area contributed by atoms with E-state index in [2.05, 4.69) is 9.98 Å². The van der Waals surface area contributed by atoms with Gasteiger partial charge in [-0.15, -0.1) is 0 Å². The summed E-state index contributed by atoms with van der Waals surface area (Å²) in [6, 6.07) is 0.576. The lowest BCUT2D eigenvalue weighted by Gasteiger charge is -2.18. The molecule has 0 fully saturated rings. The van der Waals surface area contributed by atoms with Crippen molar-refractivity contribution in [1.29, 1.82) is 0 Å². The molecule has 5 nitrogen and oxygen atoms in total. The molecular weight excluding hydrogens is 314 g/mol. The van der Waals surface area contributed by atoms with Crippen LogP contribution >= 0.6 is 34.8 Å². The van der Waals surface area contributed by atoms with Crippen LogP contribution in [0.1, 0.15) is 18.6 Å². The van der Waals surface area contributed by atoms with E-state index >= 15 is 0 Å². The van der Waals surface area contributed by atoms with E-state index < -0.39 is 18.1 Å². The van der Waals surface area contributed by atoms with Crippen LogP contribution in [-0.2, 0) is 14.3 Å². The van der Waals surface area contributed by atoms with Crippen LogP contribution in [0.3, 0.4) is 0 Å². The first-order valence-corrected chi connectivity index (χ1v) is 6.53. The van der Waals surface area contributed by atoms with Crippen molar-refractivity contribution in [3.8, 4) is 0 Å². The van der Waals surface area contributed by atoms with E-state index in [0.29, 0.717) is 5.56 Å². The van der Waals surface area contributed by atoms with E-state index in [1.165, 1.54) is 12.5 Å². The zero-order valence-electron chi connectivity index (χ0n) is 9.77. The zero-order valence-corrected chi connectivity index (χ0v) is 12.0. The summed E-state index contributed by atoms with van der Waals surface area (Å²) in [5, 5.41) is 0.488. The minimum Gasteiger partial charge on any atom is -0.473 e. The number of carbonyl (C=O) groups excluding carboxylic acids is 1. The second-order valence-corrected chi connectivity index (χ2v) is 4.79. The highest BCUT2D eigenvalue weighted by Gasteiger charge is 2.38. The Labute approximate surface area is 124 Å². The molecule has 0 radical (unpaired) electrons. The summed E-state index contributed by atoms with van der Waals surface area (Å²) < 4.78 is 10.2. The fourth-order valence-electron chi connectivity index (χ4n) is 1.68. The molecule has 1 aromatic heterocycles. The molecule has 0 aliphatic carbocycles. The largest absolute Gasteiger partial charge is 0.473 e. The van der Waals surface area contributed by atoms with Gasteiger partial charge in [0.15, 0.2) is 18.5 Å². The highest BCUT2D eigenvalue weighted by atomic mass is 35.5. The predicted octanol–water partition coefficient (Wildman–Crippen LogP) is 3.07. The summed E-state index contributed by atoms with van der Waals surface area (Å²) in [5.41, 5.74) is 0.364. The fraction of sp³-hybridized carbons (Fsp3) is 0.364. The molecule has 0 bridgehead atoms. The molecule has 102 valence electrons. The van der Waals surface area contributed by atoms with Crippen molar-refractivity contribution in [3.05, 3.63) is 27.0 Å². The average Bonchev–Trinajstić information content (AvgIpc) is 2.77. The third kappa shape index (κ3) is 2.94. The Bertz CT molecular complexity index is 513. The van der Waals surface area contributed by atoms with Crippen LogP contribution in [0.15, 0.2) is 11.1 Å². The maximum Gasteiger partial charge on any atom is 0.335 e. The van der Waals surface area contributed by atoms with Gasteiger partial charge in [0.1, 0.15) is 10.3 Å². The standard InChI is InChI=1S/C11H9Cl3N2O3/c1-2-18-11(17)8-9(19-4-15-8)7-5(12)3-6(13)16-10(7)14/h3-4,8-9H,2H2,1H3/t8-,9+/m1/s1. The molecule has 2 heterocycles. The molecule has 19 heavy (non-hydrogen) atoms. The Balaban J connectivity index is 2.34. The van der Waals surface area contributed by atoms with Crippen LogP contribution in [0, 0.1) is 0 Å². The zero-order chi connectivity index (χ0) is 14.0. The molecule has 1 aliphatic rings. The quantitative estimate of drug-likeness (QED) is 0.633.